The number of amides is 2. The number of oxime groups is 1. The minimum absolute atomic E-state index is 0.0822. The van der Waals surface area contributed by atoms with Crippen molar-refractivity contribution in [2.75, 3.05) is 18.1 Å². The molecule has 0 aromatic heterocycles. The highest BCUT2D eigenvalue weighted by Gasteiger charge is 2.46. The molecular formula is C22H31N3O7. The van der Waals surface area contributed by atoms with Gasteiger partial charge in [0, 0.05) is 19.0 Å². The summed E-state index contributed by atoms with van der Waals surface area (Å²) in [5, 5.41) is 36.5. The van der Waals surface area contributed by atoms with Crippen LogP contribution in [0.5, 0.6) is 0 Å². The van der Waals surface area contributed by atoms with Gasteiger partial charge in [0.1, 0.15) is 24.4 Å². The van der Waals surface area contributed by atoms with Crippen molar-refractivity contribution in [2.24, 2.45) is 11.1 Å². The van der Waals surface area contributed by atoms with E-state index in [0.29, 0.717) is 18.0 Å². The van der Waals surface area contributed by atoms with Gasteiger partial charge in [0.05, 0.1) is 12.3 Å². The summed E-state index contributed by atoms with van der Waals surface area (Å²) >= 11 is 0. The number of carbonyl (C=O) groups is 2. The fraction of sp³-hybridized carbons (Fsp3) is 0.591. The monoisotopic (exact) mass is 449 g/mol. The molecule has 1 saturated heterocycles. The summed E-state index contributed by atoms with van der Waals surface area (Å²) in [5.74, 6) is -0.393. The summed E-state index contributed by atoms with van der Waals surface area (Å²) in [6, 6.07) is 4.47. The van der Waals surface area contributed by atoms with Crippen molar-refractivity contribution in [3.63, 3.8) is 0 Å². The Kier molecular flexibility index (Phi) is 7.50. The Balaban J connectivity index is 1.89. The van der Waals surface area contributed by atoms with Crippen LogP contribution in [0.1, 0.15) is 38.3 Å². The van der Waals surface area contributed by atoms with Crippen LogP contribution in [-0.2, 0) is 19.2 Å². The van der Waals surface area contributed by atoms with E-state index in [1.54, 1.807) is 4.90 Å². The Labute approximate surface area is 186 Å². The van der Waals surface area contributed by atoms with Gasteiger partial charge in [0.2, 0.25) is 12.2 Å². The summed E-state index contributed by atoms with van der Waals surface area (Å²) in [5.41, 5.74) is 2.37. The van der Waals surface area contributed by atoms with Gasteiger partial charge in [-0.2, -0.15) is 0 Å². The maximum atomic E-state index is 13.1. The van der Waals surface area contributed by atoms with E-state index in [9.17, 15) is 24.9 Å². The summed E-state index contributed by atoms with van der Waals surface area (Å²) < 4.78 is 5.52. The molecule has 0 radical (unpaired) electrons. The van der Waals surface area contributed by atoms with Gasteiger partial charge in [-0.1, -0.05) is 30.6 Å². The second kappa shape index (κ2) is 9.95. The molecule has 32 heavy (non-hydrogen) atoms. The van der Waals surface area contributed by atoms with Crippen molar-refractivity contribution in [1.82, 2.24) is 5.32 Å². The van der Waals surface area contributed by atoms with Gasteiger partial charge in [0.25, 0.3) is 5.91 Å². The zero-order valence-electron chi connectivity index (χ0n) is 18.7. The van der Waals surface area contributed by atoms with Gasteiger partial charge in [0.15, 0.2) is 5.71 Å². The number of nitrogens with one attached hydrogen (secondary N) is 1. The highest BCUT2D eigenvalue weighted by molar-refractivity contribution is 6.54. The molecule has 10 heteroatoms. The summed E-state index contributed by atoms with van der Waals surface area (Å²) in [4.78, 5) is 31.9. The molecule has 1 aromatic rings. The number of aliphatic hydroxyl groups excluding tert-OH is 3. The van der Waals surface area contributed by atoms with Crippen molar-refractivity contribution >= 4 is 23.2 Å². The molecule has 0 bridgehead atoms. The molecule has 2 aliphatic heterocycles. The lowest BCUT2D eigenvalue weighted by atomic mass is 9.97. The fourth-order valence-corrected chi connectivity index (χ4v) is 3.79. The average Bonchev–Trinajstić information content (AvgIpc) is 2.99. The fourth-order valence-electron chi connectivity index (χ4n) is 3.79. The first-order valence-corrected chi connectivity index (χ1v) is 10.7. The molecule has 0 spiro atoms. The van der Waals surface area contributed by atoms with Gasteiger partial charge in [-0.05, 0) is 31.4 Å². The van der Waals surface area contributed by atoms with E-state index in [4.69, 9.17) is 9.57 Å². The smallest absolute Gasteiger partial charge is 0.281 e. The molecule has 4 N–H and O–H groups in total. The van der Waals surface area contributed by atoms with Crippen LogP contribution in [0, 0.1) is 12.8 Å². The topological polar surface area (TPSA) is 141 Å². The molecule has 176 valence electrons. The summed E-state index contributed by atoms with van der Waals surface area (Å²) in [6.07, 6.45) is -4.56. The molecule has 1 aromatic carbocycles. The number of benzene rings is 1. The molecule has 0 aliphatic carbocycles. The lowest BCUT2D eigenvalue weighted by Gasteiger charge is -2.40. The second-order valence-electron chi connectivity index (χ2n) is 8.64. The van der Waals surface area contributed by atoms with Gasteiger partial charge >= 0.3 is 0 Å². The zero-order chi connectivity index (χ0) is 23.6. The maximum Gasteiger partial charge on any atom is 0.281 e. The van der Waals surface area contributed by atoms with Crippen LogP contribution in [-0.4, -0.2) is 76.6 Å². The van der Waals surface area contributed by atoms with Gasteiger partial charge in [-0.15, -0.1) is 0 Å². The number of anilines is 1. The van der Waals surface area contributed by atoms with Gasteiger partial charge in [-0.25, -0.2) is 0 Å². The predicted octanol–water partition coefficient (Wildman–Crippen LogP) is 0.0521. The number of aliphatic hydroxyl groups is 3. The molecule has 2 aliphatic rings. The number of carbonyl (C=O) groups excluding carboxylic acids is 2. The number of fused-ring (bicyclic) bond motifs is 1. The molecule has 1 fully saturated rings. The number of ether oxygens (including phenoxy) is 1. The van der Waals surface area contributed by atoms with E-state index in [2.05, 4.69) is 24.3 Å². The Morgan fingerprint density at radius 2 is 2.03 bits per heavy atom. The zero-order valence-corrected chi connectivity index (χ0v) is 18.7. The Bertz CT molecular complexity index is 888. The van der Waals surface area contributed by atoms with Crippen LogP contribution in [0.25, 0.3) is 0 Å². The number of nitrogens with zero attached hydrogens (tertiary/aromatic N) is 2. The third-order valence-corrected chi connectivity index (χ3v) is 5.57. The van der Waals surface area contributed by atoms with Crippen molar-refractivity contribution in [1.29, 1.82) is 0 Å². The molecule has 5 atom stereocenters. The Hall–Kier alpha value is -2.53. The molecule has 2 heterocycles. The highest BCUT2D eigenvalue weighted by atomic mass is 16.8. The number of hydrogen-bond acceptors (Lipinski definition) is 8. The van der Waals surface area contributed by atoms with Crippen LogP contribution < -0.4 is 10.2 Å². The van der Waals surface area contributed by atoms with E-state index >= 15 is 0 Å². The summed E-state index contributed by atoms with van der Waals surface area (Å²) in [6.45, 7) is 7.25. The molecule has 0 unspecified atom stereocenters. The maximum absolute atomic E-state index is 13.1. The Morgan fingerprint density at radius 1 is 1.31 bits per heavy atom. The van der Waals surface area contributed by atoms with Crippen molar-refractivity contribution in [3.05, 3.63) is 29.3 Å². The third kappa shape index (κ3) is 4.93. The largest absolute Gasteiger partial charge is 0.394 e. The Morgan fingerprint density at radius 3 is 2.66 bits per heavy atom. The van der Waals surface area contributed by atoms with Gasteiger partial charge < -0.3 is 35.1 Å². The number of aryl methyl sites for hydroxylation is 1. The first-order chi connectivity index (χ1) is 15.1. The van der Waals surface area contributed by atoms with Crippen LogP contribution in [0.15, 0.2) is 23.4 Å². The highest BCUT2D eigenvalue weighted by Crippen LogP contribution is 2.31. The predicted molar refractivity (Wildman–Crippen MR) is 116 cm³/mol. The third-order valence-electron chi connectivity index (χ3n) is 5.57. The minimum Gasteiger partial charge on any atom is -0.394 e. The minimum atomic E-state index is -1.47. The van der Waals surface area contributed by atoms with E-state index in [-0.39, 0.29) is 11.6 Å². The first kappa shape index (κ1) is 24.1. The lowest BCUT2D eigenvalue weighted by molar-refractivity contribution is -0.270. The van der Waals surface area contributed by atoms with Crippen LogP contribution >= 0.6 is 0 Å². The van der Waals surface area contributed by atoms with Gasteiger partial charge in [-0.3, -0.25) is 9.59 Å². The van der Waals surface area contributed by atoms with Crippen LogP contribution in [0.3, 0.4) is 0 Å². The standard InChI is InChI=1S/C22H31N3O7/c1-11(2)7-8-25-15-6-5-12(3)9-14(15)17(21(25)30)24-32-22-18(23-13(4)27)20(29)19(28)16(10-26)31-22/h5-6,9,11,16,18-20,22,26,28-29H,7-8,10H2,1-4H3,(H,23,27)/b24-17-/t16-,18+,19-,20-,22+/m1/s1. The van der Waals surface area contributed by atoms with Crippen molar-refractivity contribution in [3.8, 4) is 0 Å². The van der Waals surface area contributed by atoms with Crippen LogP contribution in [0.4, 0.5) is 5.69 Å². The summed E-state index contributed by atoms with van der Waals surface area (Å²) in [7, 11) is 0. The van der Waals surface area contributed by atoms with Crippen molar-refractivity contribution < 1.29 is 34.5 Å². The second-order valence-corrected chi connectivity index (χ2v) is 8.64. The lowest BCUT2D eigenvalue weighted by Crippen LogP contribution is -2.64. The van der Waals surface area contributed by atoms with Crippen molar-refractivity contribution in [2.45, 2.75) is 64.8 Å². The molecule has 2 amide bonds. The van der Waals surface area contributed by atoms with Crippen LogP contribution in [0.2, 0.25) is 0 Å². The number of hydrogen-bond donors (Lipinski definition) is 4. The quantitative estimate of drug-likeness (QED) is 0.431. The SMILES string of the molecule is CC(=O)N[C@@H]1[C@H](O/N=C2\C(=O)N(CCC(C)C)c3ccc(C)cc32)O[C@H](CO)[C@@H](O)[C@@H]1O. The normalized spacial score (nSPS) is 28.9. The molecule has 3 rings (SSSR count). The van der Waals surface area contributed by atoms with E-state index in [1.165, 1.54) is 6.92 Å². The molecular weight excluding hydrogens is 418 g/mol. The average molecular weight is 450 g/mol. The first-order valence-electron chi connectivity index (χ1n) is 10.7. The van der Waals surface area contributed by atoms with E-state index < -0.39 is 43.2 Å². The van der Waals surface area contributed by atoms with E-state index in [0.717, 1.165) is 17.7 Å². The van der Waals surface area contributed by atoms with E-state index in [1.807, 2.05) is 25.1 Å². The molecule has 0 saturated carbocycles. The molecule has 10 nitrogen and oxygen atoms in total. The number of rotatable bonds is 7.